The van der Waals surface area contributed by atoms with Gasteiger partial charge in [0.1, 0.15) is 35.3 Å². The Hall–Kier alpha value is -1.55. The lowest BCUT2D eigenvalue weighted by atomic mass is 10.2. The second kappa shape index (κ2) is 7.12. The van der Waals surface area contributed by atoms with Crippen LogP contribution in [-0.4, -0.2) is 51.0 Å². The van der Waals surface area contributed by atoms with E-state index in [2.05, 4.69) is 10.2 Å². The van der Waals surface area contributed by atoms with Crippen molar-refractivity contribution in [1.29, 1.82) is 0 Å². The molecule has 0 aromatic carbocycles. The molecule has 4 heterocycles. The molecule has 0 saturated carbocycles. The lowest BCUT2D eigenvalue weighted by molar-refractivity contribution is -0.922. The molecule has 1 aliphatic heterocycles. The van der Waals surface area contributed by atoms with E-state index in [1.807, 2.05) is 29.9 Å². The molecule has 9 heteroatoms. The number of quaternary nitrogens is 1. The minimum atomic E-state index is 0.824. The quantitative estimate of drug-likeness (QED) is 0.660. The number of aromatic nitrogens is 5. The van der Waals surface area contributed by atoms with E-state index in [9.17, 15) is 0 Å². The molecule has 0 radical (unpaired) electrons. The predicted molar refractivity (Wildman–Crippen MR) is 105 cm³/mol. The van der Waals surface area contributed by atoms with Gasteiger partial charge in [0.25, 0.3) is 0 Å². The van der Waals surface area contributed by atoms with Crippen molar-refractivity contribution in [2.24, 2.45) is 7.05 Å². The highest BCUT2D eigenvalue weighted by Gasteiger charge is 2.25. The Morgan fingerprint density at radius 3 is 2.81 bits per heavy atom. The van der Waals surface area contributed by atoms with Crippen molar-refractivity contribution >= 4 is 33.3 Å². The van der Waals surface area contributed by atoms with Crippen LogP contribution in [0.1, 0.15) is 28.5 Å². The molecule has 7 nitrogen and oxygen atoms in total. The Balaban J connectivity index is 1.56. The van der Waals surface area contributed by atoms with E-state index in [1.165, 1.54) is 33.6 Å². The first kappa shape index (κ1) is 17.5. The Morgan fingerprint density at radius 1 is 1.19 bits per heavy atom. The Morgan fingerprint density at radius 2 is 2.04 bits per heavy atom. The molecule has 0 atom stereocenters. The van der Waals surface area contributed by atoms with E-state index in [0.717, 1.165) is 65.9 Å². The summed E-state index contributed by atoms with van der Waals surface area (Å²) >= 11 is 3.48. The van der Waals surface area contributed by atoms with E-state index in [4.69, 9.17) is 14.7 Å². The topological polar surface area (TPSA) is 70.2 Å². The second-order valence-corrected chi connectivity index (χ2v) is 9.25. The van der Waals surface area contributed by atoms with Gasteiger partial charge in [0.05, 0.1) is 13.2 Å². The number of ether oxygens (including phenoxy) is 1. The summed E-state index contributed by atoms with van der Waals surface area (Å²) in [4.78, 5) is 14.1. The summed E-state index contributed by atoms with van der Waals surface area (Å²) in [5, 5.41) is 11.7. The normalized spacial score (nSPS) is 17.7. The van der Waals surface area contributed by atoms with Crippen molar-refractivity contribution in [3.8, 4) is 0 Å². The van der Waals surface area contributed by atoms with Gasteiger partial charge in [0.15, 0.2) is 11.0 Å². The average Bonchev–Trinajstić information content (AvgIpc) is 3.33. The van der Waals surface area contributed by atoms with Crippen LogP contribution in [0.3, 0.4) is 0 Å². The maximum atomic E-state index is 5.49. The van der Waals surface area contributed by atoms with Crippen molar-refractivity contribution < 1.29 is 9.64 Å². The standard InChI is InChI=1S/C18H22N6OS2/c1-11-21-22-18(23(11)2)27-17-15-12-4-3-5-13(12)26-16(15)19-14(20-17)10-24-6-8-25-9-7-24/h3-10H2,1-2H3/p+1. The number of thiophene rings is 1. The summed E-state index contributed by atoms with van der Waals surface area (Å²) in [6.07, 6.45) is 3.55. The van der Waals surface area contributed by atoms with Crippen LogP contribution in [0.2, 0.25) is 0 Å². The van der Waals surface area contributed by atoms with Gasteiger partial charge in [-0.1, -0.05) is 0 Å². The van der Waals surface area contributed by atoms with Crippen LogP contribution in [0.5, 0.6) is 0 Å². The van der Waals surface area contributed by atoms with Crippen molar-refractivity contribution in [2.45, 2.75) is 42.9 Å². The van der Waals surface area contributed by atoms with Crippen molar-refractivity contribution in [3.05, 3.63) is 22.1 Å². The first-order valence-corrected chi connectivity index (χ1v) is 11.1. The molecule has 0 amide bonds. The minimum Gasteiger partial charge on any atom is -0.370 e. The Labute approximate surface area is 166 Å². The zero-order valence-corrected chi connectivity index (χ0v) is 17.3. The molecule has 1 aliphatic carbocycles. The van der Waals surface area contributed by atoms with Gasteiger partial charge in [-0.2, -0.15) is 0 Å². The molecule has 0 unspecified atom stereocenters. The largest absolute Gasteiger partial charge is 0.370 e. The van der Waals surface area contributed by atoms with E-state index >= 15 is 0 Å². The maximum absolute atomic E-state index is 5.49. The molecule has 0 spiro atoms. The predicted octanol–water partition coefficient (Wildman–Crippen LogP) is 1.18. The summed E-state index contributed by atoms with van der Waals surface area (Å²) in [5.41, 5.74) is 1.46. The van der Waals surface area contributed by atoms with E-state index in [-0.39, 0.29) is 0 Å². The number of nitrogens with zero attached hydrogens (tertiary/aromatic N) is 5. The fourth-order valence-corrected chi connectivity index (χ4v) is 6.12. The first-order chi connectivity index (χ1) is 13.2. The smallest absolute Gasteiger partial charge is 0.197 e. The summed E-state index contributed by atoms with van der Waals surface area (Å²) in [6, 6.07) is 0. The van der Waals surface area contributed by atoms with Gasteiger partial charge in [-0.15, -0.1) is 21.5 Å². The highest BCUT2D eigenvalue weighted by Crippen LogP contribution is 2.41. The number of hydrogen-bond donors (Lipinski definition) is 1. The van der Waals surface area contributed by atoms with Crippen LogP contribution < -0.4 is 4.90 Å². The van der Waals surface area contributed by atoms with Crippen molar-refractivity contribution in [2.75, 3.05) is 26.3 Å². The summed E-state index contributed by atoms with van der Waals surface area (Å²) < 4.78 is 7.51. The van der Waals surface area contributed by atoms with Gasteiger partial charge in [0.2, 0.25) is 0 Å². The Bertz CT molecular complexity index is 992. The van der Waals surface area contributed by atoms with Crippen LogP contribution in [0.4, 0.5) is 0 Å². The van der Waals surface area contributed by atoms with Gasteiger partial charge >= 0.3 is 0 Å². The van der Waals surface area contributed by atoms with Gasteiger partial charge in [-0.25, -0.2) is 9.97 Å². The van der Waals surface area contributed by atoms with Crippen molar-refractivity contribution in [3.63, 3.8) is 0 Å². The third-order valence-corrected chi connectivity index (χ3v) is 7.64. The van der Waals surface area contributed by atoms with E-state index in [1.54, 1.807) is 11.8 Å². The minimum absolute atomic E-state index is 0.824. The molecular weight excluding hydrogens is 380 g/mol. The molecule has 27 heavy (non-hydrogen) atoms. The number of fused-ring (bicyclic) bond motifs is 3. The average molecular weight is 404 g/mol. The van der Waals surface area contributed by atoms with Gasteiger partial charge in [-0.3, -0.25) is 0 Å². The first-order valence-electron chi connectivity index (χ1n) is 9.45. The lowest BCUT2D eigenvalue weighted by Gasteiger charge is -2.23. The maximum Gasteiger partial charge on any atom is 0.197 e. The zero-order valence-electron chi connectivity index (χ0n) is 15.6. The molecular formula is C18H23N6OS2+. The monoisotopic (exact) mass is 403 g/mol. The second-order valence-electron chi connectivity index (χ2n) is 7.21. The van der Waals surface area contributed by atoms with Crippen LogP contribution in [0.15, 0.2) is 10.2 Å². The van der Waals surface area contributed by atoms with E-state index < -0.39 is 0 Å². The van der Waals surface area contributed by atoms with Crippen LogP contribution >= 0.6 is 23.1 Å². The molecule has 5 rings (SSSR count). The third-order valence-electron chi connectivity index (χ3n) is 5.43. The fourth-order valence-electron chi connectivity index (χ4n) is 3.78. The molecule has 1 saturated heterocycles. The van der Waals surface area contributed by atoms with Gasteiger partial charge in [0, 0.05) is 17.3 Å². The van der Waals surface area contributed by atoms with Crippen molar-refractivity contribution in [1.82, 2.24) is 24.7 Å². The molecule has 3 aromatic heterocycles. The third kappa shape index (κ3) is 3.26. The summed E-state index contributed by atoms with van der Waals surface area (Å²) in [5.74, 6) is 1.84. The number of morpholine rings is 1. The van der Waals surface area contributed by atoms with Crippen LogP contribution in [-0.2, 0) is 31.2 Å². The lowest BCUT2D eigenvalue weighted by Crippen LogP contribution is -3.12. The van der Waals surface area contributed by atoms with Gasteiger partial charge in [-0.05, 0) is 43.5 Å². The Kier molecular flexibility index (Phi) is 4.63. The number of nitrogens with one attached hydrogen (secondary N) is 1. The van der Waals surface area contributed by atoms with Crippen LogP contribution in [0.25, 0.3) is 10.2 Å². The number of hydrogen-bond acceptors (Lipinski definition) is 7. The molecule has 142 valence electrons. The number of rotatable bonds is 4. The van der Waals surface area contributed by atoms with Gasteiger partial charge < -0.3 is 14.2 Å². The molecule has 1 N–H and O–H groups in total. The number of aryl methyl sites for hydroxylation is 3. The molecule has 2 aliphatic rings. The van der Waals surface area contributed by atoms with Crippen LogP contribution in [0, 0.1) is 6.92 Å². The summed E-state index contributed by atoms with van der Waals surface area (Å²) in [6.45, 7) is 6.52. The molecule has 3 aromatic rings. The summed E-state index contributed by atoms with van der Waals surface area (Å²) in [7, 11) is 2.01. The zero-order chi connectivity index (χ0) is 18.4. The highest BCUT2D eigenvalue weighted by atomic mass is 32.2. The molecule has 0 bridgehead atoms. The molecule has 1 fully saturated rings. The van der Waals surface area contributed by atoms with E-state index in [0.29, 0.717) is 0 Å². The fraction of sp³-hybridized carbons (Fsp3) is 0.556. The SMILES string of the molecule is Cc1nnc(Sc2nc(C[NH+]3CCOCC3)nc3sc4c(c23)CCC4)n1C. The highest BCUT2D eigenvalue weighted by molar-refractivity contribution is 7.99.